The Hall–Kier alpha value is -0.340. The van der Waals surface area contributed by atoms with Crippen LogP contribution in [0, 0.1) is 0 Å². The first-order chi connectivity index (χ1) is 4.70. The molecule has 1 heterocycles. The molecule has 1 aliphatic heterocycles. The van der Waals surface area contributed by atoms with Gasteiger partial charge in [-0.3, -0.25) is 0 Å². The molecular weight excluding hydrogens is 126 g/mol. The van der Waals surface area contributed by atoms with Crippen LogP contribution in [0.1, 0.15) is 12.8 Å². The zero-order valence-corrected chi connectivity index (χ0v) is 6.51. The monoisotopic (exact) mass is 141 g/mol. The summed E-state index contributed by atoms with van der Waals surface area (Å²) in [5, 5.41) is 9.35. The highest BCUT2D eigenvalue weighted by Gasteiger charge is 2.14. The van der Waals surface area contributed by atoms with E-state index in [1.165, 1.54) is 0 Å². The second-order valence-corrected chi connectivity index (χ2v) is 3.02. The molecule has 0 radical (unpaired) electrons. The third-order valence-electron chi connectivity index (χ3n) is 2.07. The van der Waals surface area contributed by atoms with Crippen LogP contribution in [0.4, 0.5) is 0 Å². The summed E-state index contributed by atoms with van der Waals surface area (Å²) in [4.78, 5) is 2.22. The van der Waals surface area contributed by atoms with Gasteiger partial charge in [-0.15, -0.1) is 0 Å². The third-order valence-corrected chi connectivity index (χ3v) is 2.07. The lowest BCUT2D eigenvalue weighted by molar-refractivity contribution is 0.194. The number of rotatable bonds is 0. The van der Waals surface area contributed by atoms with E-state index in [0.717, 1.165) is 31.5 Å². The first-order valence-electron chi connectivity index (χ1n) is 3.74. The number of aliphatic hydroxyl groups is 1. The van der Waals surface area contributed by atoms with Gasteiger partial charge in [0.05, 0.1) is 6.10 Å². The van der Waals surface area contributed by atoms with Gasteiger partial charge < -0.3 is 10.0 Å². The van der Waals surface area contributed by atoms with Crippen molar-refractivity contribution in [2.75, 3.05) is 20.1 Å². The fraction of sp³-hybridized carbons (Fsp3) is 0.750. The van der Waals surface area contributed by atoms with Gasteiger partial charge in [0.2, 0.25) is 0 Å². The largest absolute Gasteiger partial charge is 0.389 e. The molecule has 0 bridgehead atoms. The molecule has 1 unspecified atom stereocenters. The van der Waals surface area contributed by atoms with Gasteiger partial charge >= 0.3 is 0 Å². The van der Waals surface area contributed by atoms with Gasteiger partial charge in [-0.25, -0.2) is 0 Å². The molecule has 1 atom stereocenters. The lowest BCUT2D eigenvalue weighted by Gasteiger charge is -2.10. The van der Waals surface area contributed by atoms with Crippen molar-refractivity contribution in [1.29, 1.82) is 0 Å². The first kappa shape index (κ1) is 7.76. The van der Waals surface area contributed by atoms with Crippen LogP contribution in [0.15, 0.2) is 12.2 Å². The molecule has 1 saturated heterocycles. The lowest BCUT2D eigenvalue weighted by atomic mass is 10.1. The molecule has 0 saturated carbocycles. The number of hydrogen-bond acceptors (Lipinski definition) is 2. The van der Waals surface area contributed by atoms with Gasteiger partial charge in [-0.05, 0) is 25.5 Å². The van der Waals surface area contributed by atoms with E-state index in [4.69, 9.17) is 0 Å². The quantitative estimate of drug-likeness (QED) is 0.500. The van der Waals surface area contributed by atoms with Crippen LogP contribution in [0.3, 0.4) is 0 Å². The van der Waals surface area contributed by atoms with E-state index in [0.29, 0.717) is 0 Å². The molecule has 10 heavy (non-hydrogen) atoms. The van der Waals surface area contributed by atoms with Crippen LogP contribution >= 0.6 is 0 Å². The Morgan fingerprint density at radius 1 is 1.60 bits per heavy atom. The summed E-state index contributed by atoms with van der Waals surface area (Å²) >= 11 is 0. The zero-order chi connectivity index (χ0) is 7.56. The Bertz CT molecular complexity index is 133. The van der Waals surface area contributed by atoms with Gasteiger partial charge in [0.1, 0.15) is 0 Å². The van der Waals surface area contributed by atoms with Crippen LogP contribution in [-0.2, 0) is 0 Å². The Kier molecular flexibility index (Phi) is 2.46. The number of likely N-dealkylation sites (tertiary alicyclic amines) is 1. The van der Waals surface area contributed by atoms with E-state index in [2.05, 4.69) is 18.5 Å². The van der Waals surface area contributed by atoms with Crippen LogP contribution in [0.5, 0.6) is 0 Å². The standard InChI is InChI=1S/C8H15NO/c1-7-3-5-9(2)6-4-8(7)10/h8,10H,1,3-6H2,2H3. The van der Waals surface area contributed by atoms with E-state index in [-0.39, 0.29) is 6.10 Å². The Morgan fingerprint density at radius 2 is 2.30 bits per heavy atom. The van der Waals surface area contributed by atoms with E-state index < -0.39 is 0 Å². The smallest absolute Gasteiger partial charge is 0.0760 e. The highest BCUT2D eigenvalue weighted by atomic mass is 16.3. The van der Waals surface area contributed by atoms with Crippen molar-refractivity contribution < 1.29 is 5.11 Å². The van der Waals surface area contributed by atoms with Gasteiger partial charge in [0, 0.05) is 13.1 Å². The van der Waals surface area contributed by atoms with Crippen molar-refractivity contribution in [2.45, 2.75) is 18.9 Å². The molecular formula is C8H15NO. The molecule has 58 valence electrons. The minimum Gasteiger partial charge on any atom is -0.389 e. The highest BCUT2D eigenvalue weighted by molar-refractivity contribution is 5.03. The van der Waals surface area contributed by atoms with Gasteiger partial charge in [0.15, 0.2) is 0 Å². The lowest BCUT2D eigenvalue weighted by Crippen LogP contribution is -2.19. The molecule has 2 heteroatoms. The van der Waals surface area contributed by atoms with Gasteiger partial charge in [-0.1, -0.05) is 6.58 Å². The molecule has 0 spiro atoms. The minimum absolute atomic E-state index is 0.259. The first-order valence-corrected chi connectivity index (χ1v) is 3.74. The summed E-state index contributed by atoms with van der Waals surface area (Å²) in [6.45, 7) is 5.84. The SMILES string of the molecule is C=C1CCN(C)CCC1O. The predicted molar refractivity (Wildman–Crippen MR) is 41.9 cm³/mol. The summed E-state index contributed by atoms with van der Waals surface area (Å²) in [5.41, 5.74) is 0.990. The Labute approximate surface area is 62.2 Å². The normalized spacial score (nSPS) is 30.2. The van der Waals surface area contributed by atoms with Gasteiger partial charge in [-0.2, -0.15) is 0 Å². The zero-order valence-electron chi connectivity index (χ0n) is 6.51. The summed E-state index contributed by atoms with van der Waals surface area (Å²) in [6, 6.07) is 0. The van der Waals surface area contributed by atoms with E-state index in [1.807, 2.05) is 0 Å². The molecule has 2 nitrogen and oxygen atoms in total. The van der Waals surface area contributed by atoms with Crippen molar-refractivity contribution in [3.05, 3.63) is 12.2 Å². The Balaban J connectivity index is 2.46. The molecule has 1 rings (SSSR count). The average molecular weight is 141 g/mol. The number of hydrogen-bond donors (Lipinski definition) is 1. The molecule has 1 N–H and O–H groups in total. The van der Waals surface area contributed by atoms with Crippen molar-refractivity contribution in [3.63, 3.8) is 0 Å². The molecule has 0 aromatic heterocycles. The topological polar surface area (TPSA) is 23.5 Å². The fourth-order valence-electron chi connectivity index (χ4n) is 1.16. The molecule has 1 fully saturated rings. The summed E-state index contributed by atoms with van der Waals surface area (Å²) < 4.78 is 0. The molecule has 0 aromatic carbocycles. The summed E-state index contributed by atoms with van der Waals surface area (Å²) in [6.07, 6.45) is 1.53. The van der Waals surface area contributed by atoms with Crippen LogP contribution in [-0.4, -0.2) is 36.2 Å². The maximum Gasteiger partial charge on any atom is 0.0760 e. The third kappa shape index (κ3) is 1.82. The van der Waals surface area contributed by atoms with Crippen LogP contribution in [0.2, 0.25) is 0 Å². The van der Waals surface area contributed by atoms with E-state index in [9.17, 15) is 5.11 Å². The van der Waals surface area contributed by atoms with E-state index >= 15 is 0 Å². The average Bonchev–Trinajstić information content (AvgIpc) is 2.04. The summed E-state index contributed by atoms with van der Waals surface area (Å²) in [7, 11) is 2.07. The second-order valence-electron chi connectivity index (χ2n) is 3.02. The maximum atomic E-state index is 9.35. The van der Waals surface area contributed by atoms with Crippen molar-refractivity contribution in [2.24, 2.45) is 0 Å². The van der Waals surface area contributed by atoms with Crippen molar-refractivity contribution >= 4 is 0 Å². The van der Waals surface area contributed by atoms with Crippen molar-refractivity contribution in [1.82, 2.24) is 4.90 Å². The number of aliphatic hydroxyl groups excluding tert-OH is 1. The highest BCUT2D eigenvalue weighted by Crippen LogP contribution is 2.13. The second kappa shape index (κ2) is 3.17. The molecule has 1 aliphatic rings. The minimum atomic E-state index is -0.259. The molecule has 0 aromatic rings. The maximum absolute atomic E-state index is 9.35. The molecule has 0 aliphatic carbocycles. The fourth-order valence-corrected chi connectivity index (χ4v) is 1.16. The van der Waals surface area contributed by atoms with Crippen LogP contribution in [0.25, 0.3) is 0 Å². The summed E-state index contributed by atoms with van der Waals surface area (Å²) in [5.74, 6) is 0. The molecule has 0 amide bonds. The van der Waals surface area contributed by atoms with Gasteiger partial charge in [0.25, 0.3) is 0 Å². The van der Waals surface area contributed by atoms with Crippen LogP contribution < -0.4 is 0 Å². The Morgan fingerprint density at radius 3 is 3.00 bits per heavy atom. The van der Waals surface area contributed by atoms with Crippen molar-refractivity contribution in [3.8, 4) is 0 Å². The number of nitrogens with zero attached hydrogens (tertiary/aromatic N) is 1. The predicted octanol–water partition coefficient (Wildman–Crippen LogP) is 0.629. The van der Waals surface area contributed by atoms with E-state index in [1.54, 1.807) is 0 Å².